The van der Waals surface area contributed by atoms with E-state index in [1.807, 2.05) is 0 Å². The van der Waals surface area contributed by atoms with E-state index in [-0.39, 0.29) is 0 Å². The van der Waals surface area contributed by atoms with Crippen LogP contribution in [-0.2, 0) is 4.74 Å². The molecule has 1 saturated heterocycles. The van der Waals surface area contributed by atoms with Crippen LogP contribution in [0.25, 0.3) is 0 Å². The monoisotopic (exact) mass is 186 g/mol. The van der Waals surface area contributed by atoms with Crippen molar-refractivity contribution in [3.63, 3.8) is 0 Å². The van der Waals surface area contributed by atoms with Gasteiger partial charge >= 0.3 is 0 Å². The van der Waals surface area contributed by atoms with Crippen LogP contribution in [0, 0.1) is 0 Å². The number of rotatable bonds is 2. The third-order valence-corrected chi connectivity index (χ3v) is 3.02. The summed E-state index contributed by atoms with van der Waals surface area (Å²) in [4.78, 5) is 0. The van der Waals surface area contributed by atoms with Gasteiger partial charge in [0, 0.05) is 6.61 Å². The van der Waals surface area contributed by atoms with Gasteiger partial charge in [0.15, 0.2) is 0 Å². The predicted molar refractivity (Wildman–Crippen MR) is 50.5 cm³/mol. The molecule has 0 amide bonds. The largest absolute Gasteiger partial charge is 0.378 e. The van der Waals surface area contributed by atoms with Gasteiger partial charge in [-0.1, -0.05) is 11.6 Å². The average Bonchev–Trinajstić information content (AvgIpc) is 2.63. The van der Waals surface area contributed by atoms with Crippen LogP contribution in [0.3, 0.4) is 0 Å². The minimum Gasteiger partial charge on any atom is -0.378 e. The van der Waals surface area contributed by atoms with Crippen molar-refractivity contribution in [2.75, 3.05) is 6.61 Å². The van der Waals surface area contributed by atoms with Crippen molar-refractivity contribution < 1.29 is 4.74 Å². The molecular weight excluding hydrogens is 172 g/mol. The molecule has 0 bridgehead atoms. The van der Waals surface area contributed by atoms with Crippen LogP contribution in [0.15, 0.2) is 11.6 Å². The molecule has 2 rings (SSSR count). The van der Waals surface area contributed by atoms with Crippen molar-refractivity contribution >= 4 is 11.6 Å². The van der Waals surface area contributed by atoms with E-state index in [2.05, 4.69) is 6.08 Å². The van der Waals surface area contributed by atoms with Gasteiger partial charge in [-0.05, 0) is 32.1 Å². The first-order valence-corrected chi connectivity index (χ1v) is 5.23. The highest BCUT2D eigenvalue weighted by atomic mass is 35.5. The van der Waals surface area contributed by atoms with Gasteiger partial charge in [-0.25, -0.2) is 0 Å². The lowest BCUT2D eigenvalue weighted by atomic mass is 10.1. The Morgan fingerprint density at radius 3 is 3.00 bits per heavy atom. The number of hydrogen-bond donors (Lipinski definition) is 0. The molecule has 0 radical (unpaired) electrons. The van der Waals surface area contributed by atoms with Crippen LogP contribution < -0.4 is 0 Å². The molecule has 12 heavy (non-hydrogen) atoms. The molecule has 0 saturated carbocycles. The second-order valence-electron chi connectivity index (χ2n) is 3.72. The van der Waals surface area contributed by atoms with Gasteiger partial charge in [0.1, 0.15) is 0 Å². The van der Waals surface area contributed by atoms with E-state index >= 15 is 0 Å². The lowest BCUT2D eigenvalue weighted by Crippen LogP contribution is -2.04. The summed E-state index contributed by atoms with van der Waals surface area (Å²) in [5.74, 6) is 0. The average molecular weight is 187 g/mol. The minimum absolute atomic E-state index is 0.293. The summed E-state index contributed by atoms with van der Waals surface area (Å²) in [6.07, 6.45) is 8.63. The van der Waals surface area contributed by atoms with Crippen molar-refractivity contribution in [2.24, 2.45) is 0 Å². The maximum absolute atomic E-state index is 5.98. The second kappa shape index (κ2) is 3.80. The highest BCUT2D eigenvalue weighted by Crippen LogP contribution is 2.29. The van der Waals surface area contributed by atoms with Crippen LogP contribution in [0.4, 0.5) is 0 Å². The van der Waals surface area contributed by atoms with E-state index in [1.165, 1.54) is 24.8 Å². The maximum atomic E-state index is 5.98. The van der Waals surface area contributed by atoms with E-state index in [4.69, 9.17) is 16.3 Å². The molecule has 0 spiro atoms. The molecule has 1 aliphatic heterocycles. The Bertz CT molecular complexity index is 182. The first-order valence-electron chi connectivity index (χ1n) is 4.80. The topological polar surface area (TPSA) is 9.23 Å². The quantitative estimate of drug-likeness (QED) is 0.476. The molecule has 0 aromatic carbocycles. The van der Waals surface area contributed by atoms with Gasteiger partial charge in [-0.15, -0.1) is 11.6 Å². The van der Waals surface area contributed by atoms with Crippen LogP contribution in [0.2, 0.25) is 0 Å². The lowest BCUT2D eigenvalue weighted by molar-refractivity contribution is 0.111. The van der Waals surface area contributed by atoms with Crippen molar-refractivity contribution in [1.82, 2.24) is 0 Å². The van der Waals surface area contributed by atoms with Crippen molar-refractivity contribution in [1.29, 1.82) is 0 Å². The fourth-order valence-corrected chi connectivity index (χ4v) is 2.30. The van der Waals surface area contributed by atoms with Gasteiger partial charge < -0.3 is 4.74 Å². The van der Waals surface area contributed by atoms with Gasteiger partial charge in [0.25, 0.3) is 0 Å². The van der Waals surface area contributed by atoms with Crippen LogP contribution in [-0.4, -0.2) is 18.1 Å². The van der Waals surface area contributed by atoms with Crippen LogP contribution in [0.5, 0.6) is 0 Å². The van der Waals surface area contributed by atoms with E-state index in [0.29, 0.717) is 11.5 Å². The number of hydrogen-bond acceptors (Lipinski definition) is 1. The molecule has 1 nitrogen and oxygen atoms in total. The maximum Gasteiger partial charge on any atom is 0.0613 e. The zero-order chi connectivity index (χ0) is 8.39. The Morgan fingerprint density at radius 1 is 1.50 bits per heavy atom. The van der Waals surface area contributed by atoms with E-state index < -0.39 is 0 Å². The summed E-state index contributed by atoms with van der Waals surface area (Å²) in [5.41, 5.74) is 1.52. The first-order chi connectivity index (χ1) is 5.84. The summed E-state index contributed by atoms with van der Waals surface area (Å²) < 4.78 is 5.57. The first kappa shape index (κ1) is 8.58. The molecule has 2 unspecified atom stereocenters. The Labute approximate surface area is 78.7 Å². The summed E-state index contributed by atoms with van der Waals surface area (Å²) in [6, 6.07) is 0. The Hall–Kier alpha value is -0.0100. The number of halogens is 1. The van der Waals surface area contributed by atoms with Gasteiger partial charge in [0.05, 0.1) is 11.5 Å². The third-order valence-electron chi connectivity index (χ3n) is 2.67. The molecular formula is C10H15ClO. The van der Waals surface area contributed by atoms with Gasteiger partial charge in [-0.2, -0.15) is 0 Å². The van der Waals surface area contributed by atoms with Crippen molar-refractivity contribution in [3.8, 4) is 0 Å². The number of allylic oxidation sites excluding steroid dienone is 1. The van der Waals surface area contributed by atoms with Crippen LogP contribution >= 0.6 is 11.6 Å². The summed E-state index contributed by atoms with van der Waals surface area (Å²) in [6.45, 7) is 0.961. The van der Waals surface area contributed by atoms with E-state index in [0.717, 1.165) is 19.4 Å². The minimum atomic E-state index is 0.293. The zero-order valence-electron chi connectivity index (χ0n) is 7.26. The normalized spacial score (nSPS) is 35.6. The zero-order valence-corrected chi connectivity index (χ0v) is 8.02. The molecule has 1 aliphatic carbocycles. The fraction of sp³-hybridized carbons (Fsp3) is 0.800. The van der Waals surface area contributed by atoms with E-state index in [1.54, 1.807) is 0 Å². The van der Waals surface area contributed by atoms with Crippen molar-refractivity contribution in [2.45, 2.75) is 43.6 Å². The molecule has 2 aliphatic rings. The molecule has 2 atom stereocenters. The summed E-state index contributed by atoms with van der Waals surface area (Å²) in [5, 5.41) is 0.293. The van der Waals surface area contributed by atoms with Crippen LogP contribution in [0.1, 0.15) is 32.1 Å². The molecule has 0 aromatic rings. The highest BCUT2D eigenvalue weighted by Gasteiger charge is 2.20. The lowest BCUT2D eigenvalue weighted by Gasteiger charge is -2.08. The number of alkyl halides is 1. The SMILES string of the molecule is ClC1C=C(CC2CCCO2)CC1. The summed E-state index contributed by atoms with van der Waals surface area (Å²) in [7, 11) is 0. The Kier molecular flexibility index (Phi) is 2.72. The molecule has 68 valence electrons. The second-order valence-corrected chi connectivity index (χ2v) is 4.28. The van der Waals surface area contributed by atoms with E-state index in [9.17, 15) is 0 Å². The summed E-state index contributed by atoms with van der Waals surface area (Å²) >= 11 is 5.98. The molecule has 1 heterocycles. The molecule has 2 heteroatoms. The smallest absolute Gasteiger partial charge is 0.0613 e. The predicted octanol–water partition coefficient (Wildman–Crippen LogP) is 2.88. The molecule has 0 aromatic heterocycles. The molecule has 0 N–H and O–H groups in total. The highest BCUT2D eigenvalue weighted by molar-refractivity contribution is 6.22. The van der Waals surface area contributed by atoms with Gasteiger partial charge in [0.2, 0.25) is 0 Å². The van der Waals surface area contributed by atoms with Crippen molar-refractivity contribution in [3.05, 3.63) is 11.6 Å². The standard InChI is InChI=1S/C10H15ClO/c11-9-4-3-8(6-9)7-10-2-1-5-12-10/h6,9-10H,1-5,7H2. The Balaban J connectivity index is 1.82. The Morgan fingerprint density at radius 2 is 2.42 bits per heavy atom. The molecule has 1 fully saturated rings. The number of ether oxygens (including phenoxy) is 1. The third kappa shape index (κ3) is 2.02. The fourth-order valence-electron chi connectivity index (χ4n) is 2.01. The van der Waals surface area contributed by atoms with Gasteiger partial charge in [-0.3, -0.25) is 0 Å².